The second-order valence-electron chi connectivity index (χ2n) is 11.0. The van der Waals surface area contributed by atoms with Crippen molar-refractivity contribution >= 4 is 16.9 Å². The number of fused-ring (bicyclic) bond motifs is 1. The summed E-state index contributed by atoms with van der Waals surface area (Å²) < 4.78 is 11.8. The molecule has 2 atom stereocenters. The normalized spacial score (nSPS) is 13.6. The highest BCUT2D eigenvalue weighted by atomic mass is 16.5. The Morgan fingerprint density at radius 3 is 2.40 bits per heavy atom. The average Bonchev–Trinajstić information content (AvgIpc) is 3.22. The third kappa shape index (κ3) is 6.46. The number of ether oxygens (including phenoxy) is 1. The van der Waals surface area contributed by atoms with E-state index in [1.54, 1.807) is 14.1 Å². The molecule has 35 heavy (non-hydrogen) atoms. The number of hydrogen-bond acceptors (Lipinski definition) is 4. The first kappa shape index (κ1) is 26.8. The highest BCUT2D eigenvalue weighted by molar-refractivity contribution is 5.96. The number of carbonyl (C=O) groups is 1. The molecule has 1 heterocycles. The quantitative estimate of drug-likeness (QED) is 0.373. The molecule has 3 aromatic rings. The Bertz CT molecular complexity index is 1170. The molecule has 2 aromatic carbocycles. The van der Waals surface area contributed by atoms with E-state index < -0.39 is 6.10 Å². The average molecular weight is 480 g/mol. The Labute approximate surface area is 210 Å². The summed E-state index contributed by atoms with van der Waals surface area (Å²) in [4.78, 5) is 13.9. The maximum absolute atomic E-state index is 12.3. The van der Waals surface area contributed by atoms with Gasteiger partial charge in [-0.1, -0.05) is 45.9 Å². The summed E-state index contributed by atoms with van der Waals surface area (Å²) in [6.07, 6.45) is 2.53. The first-order valence-electron chi connectivity index (χ1n) is 12.6. The molecule has 0 aliphatic heterocycles. The van der Waals surface area contributed by atoms with E-state index >= 15 is 0 Å². The van der Waals surface area contributed by atoms with Gasteiger partial charge in [-0.05, 0) is 84.9 Å². The maximum atomic E-state index is 12.3. The number of rotatable bonds is 9. The molecular formula is C30H41NO4. The summed E-state index contributed by atoms with van der Waals surface area (Å²) >= 11 is 0. The fourth-order valence-corrected chi connectivity index (χ4v) is 4.31. The van der Waals surface area contributed by atoms with Gasteiger partial charge < -0.3 is 19.2 Å². The van der Waals surface area contributed by atoms with Crippen LogP contribution in [0.3, 0.4) is 0 Å². The van der Waals surface area contributed by atoms with Gasteiger partial charge in [0.1, 0.15) is 17.9 Å². The van der Waals surface area contributed by atoms with E-state index in [1.165, 1.54) is 16.0 Å². The van der Waals surface area contributed by atoms with Gasteiger partial charge in [0.25, 0.3) is 5.91 Å². The number of hydrogen-bond donors (Lipinski definition) is 1. The molecule has 190 valence electrons. The molecule has 5 heteroatoms. The molecule has 0 aliphatic carbocycles. The lowest BCUT2D eigenvalue weighted by atomic mass is 9.88. The van der Waals surface area contributed by atoms with E-state index in [2.05, 4.69) is 38.1 Å². The number of aryl methyl sites for hydroxylation is 3. The molecule has 2 unspecified atom stereocenters. The Kier molecular flexibility index (Phi) is 8.32. The van der Waals surface area contributed by atoms with Crippen LogP contribution in [0.15, 0.2) is 40.8 Å². The molecule has 0 saturated carbocycles. The fourth-order valence-electron chi connectivity index (χ4n) is 4.31. The minimum Gasteiger partial charge on any atom is -0.491 e. The van der Waals surface area contributed by atoms with Gasteiger partial charge in [0, 0.05) is 19.5 Å². The van der Waals surface area contributed by atoms with Crippen molar-refractivity contribution in [1.29, 1.82) is 0 Å². The fraction of sp³-hybridized carbons (Fsp3) is 0.500. The summed E-state index contributed by atoms with van der Waals surface area (Å²) in [5.74, 6) is 1.50. The molecule has 1 amide bonds. The number of carbonyl (C=O) groups excluding carboxylic acids is 1. The topological polar surface area (TPSA) is 62.9 Å². The maximum Gasteiger partial charge on any atom is 0.289 e. The molecule has 0 spiro atoms. The van der Waals surface area contributed by atoms with E-state index in [0.29, 0.717) is 18.3 Å². The molecule has 0 aliphatic rings. The molecule has 0 bridgehead atoms. The summed E-state index contributed by atoms with van der Waals surface area (Å²) in [6, 6.07) is 12.6. The van der Waals surface area contributed by atoms with E-state index in [-0.39, 0.29) is 11.3 Å². The van der Waals surface area contributed by atoms with E-state index in [1.807, 2.05) is 39.8 Å². The number of aliphatic hydroxyl groups excluding tert-OH is 1. The van der Waals surface area contributed by atoms with Gasteiger partial charge >= 0.3 is 0 Å². The van der Waals surface area contributed by atoms with Crippen molar-refractivity contribution in [3.05, 3.63) is 64.4 Å². The summed E-state index contributed by atoms with van der Waals surface area (Å²) in [5, 5.41) is 11.2. The zero-order valence-corrected chi connectivity index (χ0v) is 22.6. The number of aliphatic hydroxyl groups is 1. The minimum atomic E-state index is -0.514. The number of nitrogens with zero attached hydrogens (tertiary/aromatic N) is 1. The highest BCUT2D eigenvalue weighted by Crippen LogP contribution is 2.32. The number of benzene rings is 2. The predicted molar refractivity (Wildman–Crippen MR) is 142 cm³/mol. The standard InChI is InChI=1S/C30H41NO4/c1-9-22(23-15-20(3)28-24(16-23)17-26(35-28)29(33)31(7)8)12-10-21-11-13-25(19(2)14-21)34-18-27(32)30(4,5)6/h11,13-17,22,27,32H,9-10,12,18H2,1-8H3. The van der Waals surface area contributed by atoms with Crippen molar-refractivity contribution in [2.75, 3.05) is 20.7 Å². The molecule has 1 N–H and O–H groups in total. The first-order valence-corrected chi connectivity index (χ1v) is 12.6. The van der Waals surface area contributed by atoms with Gasteiger partial charge in [-0.15, -0.1) is 0 Å². The highest BCUT2D eigenvalue weighted by Gasteiger charge is 2.23. The summed E-state index contributed by atoms with van der Waals surface area (Å²) in [5.41, 5.74) is 5.30. The predicted octanol–water partition coefficient (Wildman–Crippen LogP) is 6.66. The second-order valence-corrected chi connectivity index (χ2v) is 11.0. The largest absolute Gasteiger partial charge is 0.491 e. The van der Waals surface area contributed by atoms with Crippen LogP contribution in [0.4, 0.5) is 0 Å². The zero-order valence-electron chi connectivity index (χ0n) is 22.6. The van der Waals surface area contributed by atoms with E-state index in [4.69, 9.17) is 9.15 Å². The molecule has 3 rings (SSSR count). The van der Waals surface area contributed by atoms with Crippen molar-refractivity contribution in [3.8, 4) is 5.75 Å². The molecule has 1 aromatic heterocycles. The van der Waals surface area contributed by atoms with Crippen LogP contribution in [-0.2, 0) is 6.42 Å². The number of furan rings is 1. The van der Waals surface area contributed by atoms with E-state index in [9.17, 15) is 9.90 Å². The SMILES string of the molecule is CCC(CCc1ccc(OCC(O)C(C)(C)C)c(C)c1)c1cc(C)c2oc(C(=O)N(C)C)cc2c1. The second kappa shape index (κ2) is 10.9. The van der Waals surface area contributed by atoms with Crippen LogP contribution < -0.4 is 4.74 Å². The Hall–Kier alpha value is -2.79. The molecular weight excluding hydrogens is 438 g/mol. The van der Waals surface area contributed by atoms with Gasteiger partial charge in [0.05, 0.1) is 6.10 Å². The Morgan fingerprint density at radius 1 is 1.09 bits per heavy atom. The van der Waals surface area contributed by atoms with Gasteiger partial charge in [-0.3, -0.25) is 4.79 Å². The summed E-state index contributed by atoms with van der Waals surface area (Å²) in [7, 11) is 3.47. The molecule has 0 saturated heterocycles. The van der Waals surface area contributed by atoms with Crippen molar-refractivity contribution in [1.82, 2.24) is 4.90 Å². The van der Waals surface area contributed by atoms with E-state index in [0.717, 1.165) is 47.1 Å². The van der Waals surface area contributed by atoms with Crippen molar-refractivity contribution < 1.29 is 19.1 Å². The third-order valence-electron chi connectivity index (χ3n) is 6.82. The number of amides is 1. The minimum absolute atomic E-state index is 0.120. The van der Waals surface area contributed by atoms with Crippen LogP contribution in [0.5, 0.6) is 5.75 Å². The zero-order chi connectivity index (χ0) is 25.9. The lowest BCUT2D eigenvalue weighted by molar-refractivity contribution is 0.0216. The smallest absolute Gasteiger partial charge is 0.289 e. The molecule has 0 radical (unpaired) electrons. The van der Waals surface area contributed by atoms with Crippen LogP contribution in [0, 0.1) is 19.3 Å². The lowest BCUT2D eigenvalue weighted by Gasteiger charge is -2.26. The van der Waals surface area contributed by atoms with Crippen molar-refractivity contribution in [2.45, 2.75) is 72.8 Å². The third-order valence-corrected chi connectivity index (χ3v) is 6.82. The lowest BCUT2D eigenvalue weighted by Crippen LogP contribution is -2.32. The Balaban J connectivity index is 1.70. The van der Waals surface area contributed by atoms with Crippen molar-refractivity contribution in [2.24, 2.45) is 5.41 Å². The van der Waals surface area contributed by atoms with Crippen LogP contribution >= 0.6 is 0 Å². The van der Waals surface area contributed by atoms with Crippen LogP contribution in [-0.4, -0.2) is 42.7 Å². The van der Waals surface area contributed by atoms with Crippen molar-refractivity contribution in [3.63, 3.8) is 0 Å². The van der Waals surface area contributed by atoms with Gasteiger partial charge in [-0.2, -0.15) is 0 Å². The van der Waals surface area contributed by atoms with Gasteiger partial charge in [-0.25, -0.2) is 0 Å². The summed E-state index contributed by atoms with van der Waals surface area (Å²) in [6.45, 7) is 12.6. The Morgan fingerprint density at radius 2 is 1.80 bits per heavy atom. The monoisotopic (exact) mass is 479 g/mol. The van der Waals surface area contributed by atoms with Crippen LogP contribution in [0.25, 0.3) is 11.0 Å². The first-order chi connectivity index (χ1) is 16.4. The molecule has 0 fully saturated rings. The van der Waals surface area contributed by atoms with Crippen LogP contribution in [0.2, 0.25) is 0 Å². The van der Waals surface area contributed by atoms with Gasteiger partial charge in [0.2, 0.25) is 0 Å². The molecule has 5 nitrogen and oxygen atoms in total. The van der Waals surface area contributed by atoms with Gasteiger partial charge in [0.15, 0.2) is 5.76 Å². The van der Waals surface area contributed by atoms with Crippen LogP contribution in [0.1, 0.15) is 79.3 Å².